The van der Waals surface area contributed by atoms with Gasteiger partial charge in [0, 0.05) is 6.04 Å². The van der Waals surface area contributed by atoms with Crippen LogP contribution in [0.2, 0.25) is 0 Å². The molecule has 92 valence electrons. The van der Waals surface area contributed by atoms with Crippen LogP contribution in [0.5, 0.6) is 0 Å². The number of urea groups is 1. The number of rotatable bonds is 6. The summed E-state index contributed by atoms with van der Waals surface area (Å²) in [6.45, 7) is 3.23. The Morgan fingerprint density at radius 1 is 1.31 bits per heavy atom. The van der Waals surface area contributed by atoms with Crippen LogP contribution in [0.15, 0.2) is 0 Å². The first-order chi connectivity index (χ1) is 7.36. The zero-order valence-electron chi connectivity index (χ0n) is 9.32. The molecule has 0 heterocycles. The number of carbonyl (C=O) groups excluding carboxylic acids is 2. The Bertz CT molecular complexity index is 280. The Morgan fingerprint density at radius 2 is 1.88 bits per heavy atom. The summed E-state index contributed by atoms with van der Waals surface area (Å²) < 4.78 is 0. The molecule has 0 bridgehead atoms. The normalized spacial score (nSPS) is 13.6. The second-order valence-corrected chi connectivity index (χ2v) is 3.44. The monoisotopic (exact) mass is 231 g/mol. The molecule has 0 radical (unpaired) electrons. The predicted molar refractivity (Wildman–Crippen MR) is 56.7 cm³/mol. The summed E-state index contributed by atoms with van der Waals surface area (Å²) in [7, 11) is 0. The summed E-state index contributed by atoms with van der Waals surface area (Å²) in [5, 5.41) is 13.3. The van der Waals surface area contributed by atoms with E-state index < -0.39 is 30.0 Å². The molecule has 0 spiro atoms. The smallest absolute Gasteiger partial charge is 0.312 e. The predicted octanol–water partition coefficient (Wildman–Crippen LogP) is -0.587. The van der Waals surface area contributed by atoms with E-state index in [1.165, 1.54) is 6.92 Å². The number of nitrogens with two attached hydrogens (primary N) is 1. The fourth-order valence-corrected chi connectivity index (χ4v) is 1.11. The minimum Gasteiger partial charge on any atom is -0.481 e. The lowest BCUT2D eigenvalue weighted by atomic mass is 10.1. The molecule has 0 saturated carbocycles. The van der Waals surface area contributed by atoms with E-state index in [-0.39, 0.29) is 6.42 Å². The summed E-state index contributed by atoms with van der Waals surface area (Å²) >= 11 is 0. The first-order valence-corrected chi connectivity index (χ1v) is 4.95. The van der Waals surface area contributed by atoms with E-state index in [9.17, 15) is 14.4 Å². The van der Waals surface area contributed by atoms with Crippen molar-refractivity contribution >= 4 is 17.9 Å². The SMILES string of the molecule is CCC(CC(=O)O)NC(=O)C(C)NC(N)=O. The van der Waals surface area contributed by atoms with Gasteiger partial charge in [0.2, 0.25) is 5.91 Å². The topological polar surface area (TPSA) is 122 Å². The van der Waals surface area contributed by atoms with Gasteiger partial charge in [0.1, 0.15) is 6.04 Å². The third-order valence-electron chi connectivity index (χ3n) is 2.01. The first kappa shape index (κ1) is 14.2. The van der Waals surface area contributed by atoms with Crippen molar-refractivity contribution < 1.29 is 19.5 Å². The lowest BCUT2D eigenvalue weighted by molar-refractivity contribution is -0.137. The summed E-state index contributed by atoms with van der Waals surface area (Å²) in [5.41, 5.74) is 4.85. The first-order valence-electron chi connectivity index (χ1n) is 4.95. The van der Waals surface area contributed by atoms with E-state index >= 15 is 0 Å². The van der Waals surface area contributed by atoms with E-state index in [1.807, 2.05) is 0 Å². The molecule has 7 heteroatoms. The summed E-state index contributed by atoms with van der Waals surface area (Å²) in [6.07, 6.45) is 0.354. The number of primary amides is 1. The molecule has 2 unspecified atom stereocenters. The zero-order chi connectivity index (χ0) is 12.7. The van der Waals surface area contributed by atoms with Crippen molar-refractivity contribution in [3.8, 4) is 0 Å². The van der Waals surface area contributed by atoms with Gasteiger partial charge in [0.25, 0.3) is 0 Å². The molecule has 0 aliphatic rings. The van der Waals surface area contributed by atoms with Gasteiger partial charge in [0.05, 0.1) is 6.42 Å². The fourth-order valence-electron chi connectivity index (χ4n) is 1.11. The minimum absolute atomic E-state index is 0.147. The molecule has 0 aromatic rings. The third kappa shape index (κ3) is 5.84. The minimum atomic E-state index is -0.984. The number of hydrogen-bond donors (Lipinski definition) is 4. The summed E-state index contributed by atoms with van der Waals surface area (Å²) in [6, 6.07) is -2.02. The number of aliphatic carboxylic acids is 1. The molecule has 0 aliphatic carbocycles. The molecule has 0 rings (SSSR count). The van der Waals surface area contributed by atoms with Gasteiger partial charge in [-0.25, -0.2) is 4.79 Å². The molecule has 0 fully saturated rings. The van der Waals surface area contributed by atoms with Crippen molar-refractivity contribution in [2.45, 2.75) is 38.8 Å². The van der Waals surface area contributed by atoms with Gasteiger partial charge in [-0.1, -0.05) is 6.92 Å². The van der Waals surface area contributed by atoms with Crippen molar-refractivity contribution in [2.24, 2.45) is 5.73 Å². The maximum absolute atomic E-state index is 11.5. The summed E-state index contributed by atoms with van der Waals surface area (Å²) in [4.78, 5) is 32.4. The molecule has 0 aromatic carbocycles. The molecule has 2 atom stereocenters. The van der Waals surface area contributed by atoms with Gasteiger partial charge >= 0.3 is 12.0 Å². The standard InChI is InChI=1S/C9H17N3O4/c1-3-6(4-7(13)14)12-8(15)5(2)11-9(10)16/h5-6H,3-4H2,1-2H3,(H,12,15)(H,13,14)(H3,10,11,16). The van der Waals surface area contributed by atoms with Crippen LogP contribution in [0.4, 0.5) is 4.79 Å². The molecular formula is C9H17N3O4. The highest BCUT2D eigenvalue weighted by molar-refractivity contribution is 5.86. The van der Waals surface area contributed by atoms with Crippen LogP contribution in [0.25, 0.3) is 0 Å². The van der Waals surface area contributed by atoms with Crippen molar-refractivity contribution in [1.82, 2.24) is 10.6 Å². The Labute approximate surface area is 93.4 Å². The second-order valence-electron chi connectivity index (χ2n) is 3.44. The van der Waals surface area contributed by atoms with Gasteiger partial charge in [-0.2, -0.15) is 0 Å². The Morgan fingerprint density at radius 3 is 2.25 bits per heavy atom. The Balaban J connectivity index is 4.18. The molecule has 7 nitrogen and oxygen atoms in total. The van der Waals surface area contributed by atoms with Crippen LogP contribution in [0.1, 0.15) is 26.7 Å². The molecule has 5 N–H and O–H groups in total. The molecule has 16 heavy (non-hydrogen) atoms. The van der Waals surface area contributed by atoms with Gasteiger partial charge in [-0.3, -0.25) is 9.59 Å². The molecule has 3 amide bonds. The highest BCUT2D eigenvalue weighted by Crippen LogP contribution is 1.98. The lowest BCUT2D eigenvalue weighted by Crippen LogP contribution is -2.49. The highest BCUT2D eigenvalue weighted by atomic mass is 16.4. The fraction of sp³-hybridized carbons (Fsp3) is 0.667. The lowest BCUT2D eigenvalue weighted by Gasteiger charge is -2.18. The molecular weight excluding hydrogens is 214 g/mol. The number of amides is 3. The van der Waals surface area contributed by atoms with E-state index in [1.54, 1.807) is 6.92 Å². The largest absolute Gasteiger partial charge is 0.481 e. The number of carboxylic acids is 1. The van der Waals surface area contributed by atoms with Gasteiger partial charge in [0.15, 0.2) is 0 Å². The van der Waals surface area contributed by atoms with Crippen molar-refractivity contribution in [2.75, 3.05) is 0 Å². The van der Waals surface area contributed by atoms with Crippen LogP contribution < -0.4 is 16.4 Å². The maximum atomic E-state index is 11.5. The van der Waals surface area contributed by atoms with Gasteiger partial charge in [-0.15, -0.1) is 0 Å². The quantitative estimate of drug-likeness (QED) is 0.488. The number of carbonyl (C=O) groups is 3. The maximum Gasteiger partial charge on any atom is 0.312 e. The van der Waals surface area contributed by atoms with E-state index in [0.29, 0.717) is 6.42 Å². The molecule has 0 aromatic heterocycles. The Hall–Kier alpha value is -1.79. The van der Waals surface area contributed by atoms with E-state index in [0.717, 1.165) is 0 Å². The molecule has 0 saturated heterocycles. The van der Waals surface area contributed by atoms with Gasteiger partial charge in [-0.05, 0) is 13.3 Å². The van der Waals surface area contributed by atoms with Crippen LogP contribution in [-0.2, 0) is 9.59 Å². The van der Waals surface area contributed by atoms with Crippen molar-refractivity contribution in [3.63, 3.8) is 0 Å². The zero-order valence-corrected chi connectivity index (χ0v) is 9.32. The van der Waals surface area contributed by atoms with E-state index in [4.69, 9.17) is 10.8 Å². The summed E-state index contributed by atoms with van der Waals surface area (Å²) in [5.74, 6) is -1.44. The Kier molecular flexibility index (Phi) is 5.91. The number of hydrogen-bond acceptors (Lipinski definition) is 3. The second kappa shape index (κ2) is 6.65. The number of carboxylic acid groups (broad SMARTS) is 1. The highest BCUT2D eigenvalue weighted by Gasteiger charge is 2.19. The van der Waals surface area contributed by atoms with Crippen molar-refractivity contribution in [3.05, 3.63) is 0 Å². The van der Waals surface area contributed by atoms with Gasteiger partial charge < -0.3 is 21.5 Å². The number of nitrogens with one attached hydrogen (secondary N) is 2. The molecule has 0 aliphatic heterocycles. The van der Waals surface area contributed by atoms with Crippen molar-refractivity contribution in [1.29, 1.82) is 0 Å². The third-order valence-corrected chi connectivity index (χ3v) is 2.01. The van der Waals surface area contributed by atoms with E-state index in [2.05, 4.69) is 10.6 Å². The average Bonchev–Trinajstić information content (AvgIpc) is 2.14. The average molecular weight is 231 g/mol. The van der Waals surface area contributed by atoms with Crippen LogP contribution in [-0.4, -0.2) is 35.1 Å². The van der Waals surface area contributed by atoms with Crippen LogP contribution in [0.3, 0.4) is 0 Å². The van der Waals surface area contributed by atoms with Crippen LogP contribution >= 0.6 is 0 Å². The van der Waals surface area contributed by atoms with Crippen LogP contribution in [0, 0.1) is 0 Å².